The van der Waals surface area contributed by atoms with Crippen molar-refractivity contribution in [3.8, 4) is 0 Å². The molecular weight excluding hydrogens is 298 g/mol. The van der Waals surface area contributed by atoms with Crippen LogP contribution in [-0.4, -0.2) is 9.97 Å². The molecule has 0 unspecified atom stereocenters. The van der Waals surface area contributed by atoms with E-state index in [1.807, 2.05) is 24.3 Å². The first kappa shape index (κ1) is 7.46. The molecule has 2 rings (SSSR count). The molecule has 1 heterocycles. The first-order chi connectivity index (χ1) is 4.47. The standard InChI is InChI=1S/C7H5N2.Re/c1-2-4-7-6(3-1)8-5-9-7;/h1-4H,(H,8,9);/q-1;. The number of aromatic amines is 1. The van der Waals surface area contributed by atoms with E-state index in [-0.39, 0.29) is 20.4 Å². The zero-order valence-electron chi connectivity index (χ0n) is 5.13. The van der Waals surface area contributed by atoms with Crippen LogP contribution in [0.15, 0.2) is 24.3 Å². The molecule has 0 aliphatic heterocycles. The second kappa shape index (κ2) is 2.96. The number of hydrogen-bond donors (Lipinski definition) is 1. The molecule has 1 radical (unpaired) electrons. The van der Waals surface area contributed by atoms with Crippen LogP contribution in [0.4, 0.5) is 0 Å². The van der Waals surface area contributed by atoms with Gasteiger partial charge in [-0.2, -0.15) is 0 Å². The number of rotatable bonds is 0. The minimum absolute atomic E-state index is 0. The van der Waals surface area contributed by atoms with E-state index in [1.54, 1.807) is 0 Å². The van der Waals surface area contributed by atoms with Gasteiger partial charge in [0.05, 0.1) is 0 Å². The van der Waals surface area contributed by atoms with E-state index in [4.69, 9.17) is 0 Å². The predicted octanol–water partition coefficient (Wildman–Crippen LogP) is 1.36. The predicted molar refractivity (Wildman–Crippen MR) is 34.9 cm³/mol. The van der Waals surface area contributed by atoms with Crippen LogP contribution in [0.25, 0.3) is 11.0 Å². The molecule has 0 aliphatic rings. The SMILES string of the molecule is [Re].[c-]1nc2ccccc2[nH]1. The van der Waals surface area contributed by atoms with Gasteiger partial charge in [0.25, 0.3) is 0 Å². The summed E-state index contributed by atoms with van der Waals surface area (Å²) in [6, 6.07) is 7.84. The second-order valence-corrected chi connectivity index (χ2v) is 1.87. The summed E-state index contributed by atoms with van der Waals surface area (Å²) in [5.74, 6) is 0. The minimum atomic E-state index is 0. The molecule has 0 bridgehead atoms. The molecule has 0 saturated heterocycles. The summed E-state index contributed by atoms with van der Waals surface area (Å²) in [6.07, 6.45) is 2.66. The van der Waals surface area contributed by atoms with Crippen molar-refractivity contribution in [2.24, 2.45) is 0 Å². The topological polar surface area (TPSA) is 28.7 Å². The fourth-order valence-electron chi connectivity index (χ4n) is 0.825. The zero-order chi connectivity index (χ0) is 6.10. The molecule has 1 aromatic heterocycles. The normalized spacial score (nSPS) is 9.20. The van der Waals surface area contributed by atoms with Crippen molar-refractivity contribution in [1.82, 2.24) is 9.97 Å². The van der Waals surface area contributed by atoms with Crippen LogP contribution in [0.3, 0.4) is 0 Å². The van der Waals surface area contributed by atoms with E-state index in [0.29, 0.717) is 0 Å². The molecule has 0 fully saturated rings. The number of nitrogens with zero attached hydrogens (tertiary/aromatic N) is 1. The van der Waals surface area contributed by atoms with Crippen molar-refractivity contribution < 1.29 is 20.4 Å². The number of benzene rings is 1. The second-order valence-electron chi connectivity index (χ2n) is 1.87. The Morgan fingerprint density at radius 2 is 2.10 bits per heavy atom. The monoisotopic (exact) mass is 304 g/mol. The van der Waals surface area contributed by atoms with Crippen LogP contribution < -0.4 is 0 Å². The Labute approximate surface area is 72.3 Å². The summed E-state index contributed by atoms with van der Waals surface area (Å²) in [4.78, 5) is 6.82. The van der Waals surface area contributed by atoms with Crippen LogP contribution in [0.1, 0.15) is 0 Å². The number of H-pyrrole nitrogens is 1. The molecule has 0 aliphatic carbocycles. The van der Waals surface area contributed by atoms with Gasteiger partial charge < -0.3 is 9.97 Å². The number of imidazole rings is 1. The van der Waals surface area contributed by atoms with Crippen LogP contribution >= 0.6 is 0 Å². The van der Waals surface area contributed by atoms with Gasteiger partial charge in [-0.15, -0.1) is 12.1 Å². The molecule has 0 spiro atoms. The van der Waals surface area contributed by atoms with Crippen molar-refractivity contribution in [1.29, 1.82) is 0 Å². The third-order valence-corrected chi connectivity index (χ3v) is 1.27. The van der Waals surface area contributed by atoms with Gasteiger partial charge in [-0.05, 0) is 6.33 Å². The molecule has 0 atom stereocenters. The molecule has 0 saturated carbocycles. The van der Waals surface area contributed by atoms with E-state index in [9.17, 15) is 0 Å². The molecule has 1 N–H and O–H groups in total. The molecule has 3 heteroatoms. The summed E-state index contributed by atoms with van der Waals surface area (Å²) in [5, 5.41) is 0. The number of fused-ring (bicyclic) bond motifs is 1. The minimum Gasteiger partial charge on any atom is -0.461 e. The maximum atomic E-state index is 3.94. The molecule has 51 valence electrons. The fourth-order valence-corrected chi connectivity index (χ4v) is 0.825. The number of para-hydroxylation sites is 2. The van der Waals surface area contributed by atoms with E-state index < -0.39 is 0 Å². The van der Waals surface area contributed by atoms with Crippen LogP contribution in [0.5, 0.6) is 0 Å². The summed E-state index contributed by atoms with van der Waals surface area (Å²) in [6.45, 7) is 0. The summed E-state index contributed by atoms with van der Waals surface area (Å²) < 4.78 is 0. The fraction of sp³-hybridized carbons (Fsp3) is 0. The largest absolute Gasteiger partial charge is 0.461 e. The van der Waals surface area contributed by atoms with Gasteiger partial charge in [0.1, 0.15) is 0 Å². The van der Waals surface area contributed by atoms with Gasteiger partial charge in [-0.3, -0.25) is 0 Å². The van der Waals surface area contributed by atoms with Gasteiger partial charge in [0, 0.05) is 20.4 Å². The molecule has 2 nitrogen and oxygen atoms in total. The maximum absolute atomic E-state index is 3.94. The first-order valence-corrected chi connectivity index (χ1v) is 2.77. The molecule has 2 aromatic rings. The quantitative estimate of drug-likeness (QED) is 0.732. The zero-order valence-corrected chi connectivity index (χ0v) is 7.85. The Morgan fingerprint density at radius 1 is 1.30 bits per heavy atom. The van der Waals surface area contributed by atoms with E-state index in [1.165, 1.54) is 0 Å². The molecule has 10 heavy (non-hydrogen) atoms. The van der Waals surface area contributed by atoms with Crippen LogP contribution in [0, 0.1) is 6.33 Å². The van der Waals surface area contributed by atoms with Crippen LogP contribution in [-0.2, 0) is 20.4 Å². The number of aromatic nitrogens is 2. The molecule has 1 aromatic carbocycles. The van der Waals surface area contributed by atoms with Crippen molar-refractivity contribution >= 4 is 11.0 Å². The van der Waals surface area contributed by atoms with Crippen LogP contribution in [0.2, 0.25) is 0 Å². The average Bonchev–Trinajstić information content (AvgIpc) is 2.33. The van der Waals surface area contributed by atoms with Gasteiger partial charge in [0.15, 0.2) is 0 Å². The number of hydrogen-bond acceptors (Lipinski definition) is 1. The summed E-state index contributed by atoms with van der Waals surface area (Å²) in [7, 11) is 0. The molecule has 0 amide bonds. The number of nitrogens with one attached hydrogen (secondary N) is 1. The Balaban J connectivity index is 0.000000500. The van der Waals surface area contributed by atoms with Gasteiger partial charge in [0.2, 0.25) is 0 Å². The Bertz CT molecular complexity index is 286. The van der Waals surface area contributed by atoms with Gasteiger partial charge in [-0.1, -0.05) is 23.2 Å². The van der Waals surface area contributed by atoms with E-state index in [0.717, 1.165) is 11.0 Å². The van der Waals surface area contributed by atoms with Crippen molar-refractivity contribution in [3.63, 3.8) is 0 Å². The Kier molecular flexibility index (Phi) is 2.21. The third kappa shape index (κ3) is 1.11. The first-order valence-electron chi connectivity index (χ1n) is 2.77. The van der Waals surface area contributed by atoms with E-state index in [2.05, 4.69) is 16.3 Å². The Hall–Kier alpha value is -0.648. The van der Waals surface area contributed by atoms with Crippen molar-refractivity contribution in [3.05, 3.63) is 30.6 Å². The average molecular weight is 303 g/mol. The summed E-state index contributed by atoms with van der Waals surface area (Å²) in [5.41, 5.74) is 2.01. The van der Waals surface area contributed by atoms with Gasteiger partial charge in [-0.25, -0.2) is 0 Å². The van der Waals surface area contributed by atoms with Gasteiger partial charge >= 0.3 is 0 Å². The Morgan fingerprint density at radius 3 is 2.90 bits per heavy atom. The van der Waals surface area contributed by atoms with Crippen molar-refractivity contribution in [2.45, 2.75) is 0 Å². The smallest absolute Gasteiger partial charge is 0 e. The van der Waals surface area contributed by atoms with Crippen molar-refractivity contribution in [2.75, 3.05) is 0 Å². The molecular formula is C7H5N2Re-. The summed E-state index contributed by atoms with van der Waals surface area (Å²) >= 11 is 0. The maximum Gasteiger partial charge on any atom is 0 e. The third-order valence-electron chi connectivity index (χ3n) is 1.27. The van der Waals surface area contributed by atoms with E-state index >= 15 is 0 Å².